The van der Waals surface area contributed by atoms with E-state index in [9.17, 15) is 5.11 Å². The number of rotatable bonds is 5. The summed E-state index contributed by atoms with van der Waals surface area (Å²) in [7, 11) is 1.84. The average molecular weight is 280 g/mol. The normalized spacial score (nSPS) is 18.1. The van der Waals surface area contributed by atoms with Crippen LogP contribution in [0.15, 0.2) is 6.07 Å². The lowest BCUT2D eigenvalue weighted by molar-refractivity contribution is 0.0378. The van der Waals surface area contributed by atoms with Gasteiger partial charge in [-0.1, -0.05) is 13.8 Å². The lowest BCUT2D eigenvalue weighted by atomic mass is 9.91. The lowest BCUT2D eigenvalue weighted by Gasteiger charge is -2.36. The van der Waals surface area contributed by atoms with Crippen molar-refractivity contribution in [3.8, 4) is 0 Å². The molecular weight excluding hydrogens is 256 g/mol. The van der Waals surface area contributed by atoms with E-state index in [1.165, 1.54) is 0 Å². The van der Waals surface area contributed by atoms with Crippen LogP contribution in [0.2, 0.25) is 0 Å². The van der Waals surface area contributed by atoms with E-state index >= 15 is 0 Å². The van der Waals surface area contributed by atoms with Gasteiger partial charge in [-0.25, -0.2) is 9.97 Å². The Hall–Kier alpha value is -1.40. The molecule has 0 amide bonds. The third-order valence-corrected chi connectivity index (χ3v) is 3.66. The molecule has 1 saturated heterocycles. The predicted molar refractivity (Wildman–Crippen MR) is 79.2 cm³/mol. The summed E-state index contributed by atoms with van der Waals surface area (Å²) in [5.41, 5.74) is -0.341. The van der Waals surface area contributed by atoms with Gasteiger partial charge in [-0.3, -0.25) is 0 Å². The van der Waals surface area contributed by atoms with Gasteiger partial charge in [0.15, 0.2) is 0 Å². The number of aliphatic hydroxyl groups excluding tert-OH is 1. The summed E-state index contributed by atoms with van der Waals surface area (Å²) in [6.45, 7) is 5.53. The third kappa shape index (κ3) is 3.37. The highest BCUT2D eigenvalue weighted by Gasteiger charge is 2.32. The summed E-state index contributed by atoms with van der Waals surface area (Å²) in [6, 6.07) is 1.87. The maximum Gasteiger partial charge on any atom is 0.135 e. The van der Waals surface area contributed by atoms with Crippen molar-refractivity contribution in [1.29, 1.82) is 0 Å². The summed E-state index contributed by atoms with van der Waals surface area (Å²) < 4.78 is 5.37. The zero-order valence-corrected chi connectivity index (χ0v) is 12.4. The van der Waals surface area contributed by atoms with Gasteiger partial charge in [0.05, 0.1) is 12.1 Å². The third-order valence-electron chi connectivity index (χ3n) is 3.66. The molecule has 0 radical (unpaired) electrons. The molecular formula is C14H24N4O2. The summed E-state index contributed by atoms with van der Waals surface area (Å²) in [5, 5.41) is 16.2. The molecule has 0 spiro atoms. The topological polar surface area (TPSA) is 79.3 Å². The van der Waals surface area contributed by atoms with E-state index in [0.29, 0.717) is 13.2 Å². The first kappa shape index (κ1) is 15.0. The Bertz CT molecular complexity index is 445. The molecule has 1 aromatic rings. The number of hydrogen-bond acceptors (Lipinski definition) is 6. The Balaban J connectivity index is 2.24. The molecule has 20 heavy (non-hydrogen) atoms. The minimum Gasteiger partial charge on any atom is -0.394 e. The monoisotopic (exact) mass is 280 g/mol. The summed E-state index contributed by atoms with van der Waals surface area (Å²) in [4.78, 5) is 9.00. The van der Waals surface area contributed by atoms with Gasteiger partial charge in [0, 0.05) is 32.2 Å². The maximum atomic E-state index is 9.73. The van der Waals surface area contributed by atoms with Crippen molar-refractivity contribution in [2.75, 3.05) is 37.5 Å². The van der Waals surface area contributed by atoms with Crippen LogP contribution in [0.25, 0.3) is 0 Å². The van der Waals surface area contributed by atoms with Crippen LogP contribution >= 0.6 is 0 Å². The van der Waals surface area contributed by atoms with Crippen molar-refractivity contribution < 1.29 is 9.84 Å². The Morgan fingerprint density at radius 2 is 1.95 bits per heavy atom. The number of nitrogens with one attached hydrogen (secondary N) is 2. The quantitative estimate of drug-likeness (QED) is 0.760. The fourth-order valence-electron chi connectivity index (χ4n) is 2.27. The molecule has 1 aliphatic rings. The first-order chi connectivity index (χ1) is 9.58. The van der Waals surface area contributed by atoms with Crippen molar-refractivity contribution in [3.63, 3.8) is 0 Å². The zero-order chi connectivity index (χ0) is 14.6. The van der Waals surface area contributed by atoms with Crippen molar-refractivity contribution in [3.05, 3.63) is 11.9 Å². The number of aliphatic hydroxyl groups is 1. The molecule has 0 aliphatic carbocycles. The molecule has 6 heteroatoms. The van der Waals surface area contributed by atoms with Gasteiger partial charge in [0.25, 0.3) is 0 Å². The number of anilines is 2. The predicted octanol–water partition coefficient (Wildman–Crippen LogP) is 1.60. The highest BCUT2D eigenvalue weighted by Crippen LogP contribution is 2.26. The molecule has 0 saturated carbocycles. The van der Waals surface area contributed by atoms with Crippen molar-refractivity contribution in [2.24, 2.45) is 0 Å². The van der Waals surface area contributed by atoms with Gasteiger partial charge in [-0.05, 0) is 12.8 Å². The number of ether oxygens (including phenoxy) is 1. The molecule has 1 fully saturated rings. The van der Waals surface area contributed by atoms with E-state index in [1.54, 1.807) is 0 Å². The zero-order valence-electron chi connectivity index (χ0n) is 12.4. The van der Waals surface area contributed by atoms with Crippen molar-refractivity contribution in [2.45, 2.75) is 38.1 Å². The van der Waals surface area contributed by atoms with E-state index in [4.69, 9.17) is 4.74 Å². The van der Waals surface area contributed by atoms with Crippen LogP contribution in [-0.4, -0.2) is 47.5 Å². The summed E-state index contributed by atoms with van der Waals surface area (Å²) in [5.74, 6) is 2.58. The molecule has 0 unspecified atom stereocenters. The molecule has 3 N–H and O–H groups in total. The standard InChI is InChI=1S/C14H24N4O2/c1-10(2)13-16-11(15-3)8-12(17-13)18-14(9-19)4-6-20-7-5-14/h8,10,19H,4-7,9H2,1-3H3,(H2,15,16,17,18). The molecule has 1 aromatic heterocycles. The Labute approximate surface area is 120 Å². The van der Waals surface area contributed by atoms with Gasteiger partial charge in [0.2, 0.25) is 0 Å². The van der Waals surface area contributed by atoms with Crippen LogP contribution in [-0.2, 0) is 4.74 Å². The maximum absolute atomic E-state index is 9.73. The highest BCUT2D eigenvalue weighted by atomic mass is 16.5. The van der Waals surface area contributed by atoms with Gasteiger partial charge in [-0.15, -0.1) is 0 Å². The molecule has 112 valence electrons. The molecule has 0 atom stereocenters. The second-order valence-electron chi connectivity index (χ2n) is 5.58. The van der Waals surface area contributed by atoms with Crippen LogP contribution in [0.4, 0.5) is 11.6 Å². The molecule has 0 aromatic carbocycles. The molecule has 6 nitrogen and oxygen atoms in total. The Kier molecular flexibility index (Phi) is 4.77. The van der Waals surface area contributed by atoms with Crippen molar-refractivity contribution >= 4 is 11.6 Å². The van der Waals surface area contributed by atoms with Gasteiger partial charge in [0.1, 0.15) is 17.5 Å². The first-order valence-electron chi connectivity index (χ1n) is 7.12. The minimum absolute atomic E-state index is 0.0757. The van der Waals surface area contributed by atoms with E-state index in [1.807, 2.05) is 13.1 Å². The van der Waals surface area contributed by atoms with Crippen LogP contribution < -0.4 is 10.6 Å². The number of aromatic nitrogens is 2. The Morgan fingerprint density at radius 1 is 1.30 bits per heavy atom. The van der Waals surface area contributed by atoms with Gasteiger partial charge < -0.3 is 20.5 Å². The molecule has 1 aliphatic heterocycles. The largest absolute Gasteiger partial charge is 0.394 e. The molecule has 2 heterocycles. The average Bonchev–Trinajstić information content (AvgIpc) is 2.47. The summed E-state index contributed by atoms with van der Waals surface area (Å²) in [6.07, 6.45) is 1.55. The first-order valence-corrected chi connectivity index (χ1v) is 7.12. The van der Waals surface area contributed by atoms with E-state index < -0.39 is 0 Å². The van der Waals surface area contributed by atoms with Crippen LogP contribution in [0.1, 0.15) is 38.4 Å². The molecule has 0 bridgehead atoms. The smallest absolute Gasteiger partial charge is 0.135 e. The highest BCUT2D eigenvalue weighted by molar-refractivity contribution is 5.49. The van der Waals surface area contributed by atoms with Crippen molar-refractivity contribution in [1.82, 2.24) is 9.97 Å². The van der Waals surface area contributed by atoms with Crippen LogP contribution in [0.5, 0.6) is 0 Å². The molecule has 2 rings (SSSR count). The number of hydrogen-bond donors (Lipinski definition) is 3. The van der Waals surface area contributed by atoms with Crippen LogP contribution in [0, 0.1) is 0 Å². The van der Waals surface area contributed by atoms with E-state index in [-0.39, 0.29) is 18.1 Å². The minimum atomic E-state index is -0.341. The summed E-state index contributed by atoms with van der Waals surface area (Å²) >= 11 is 0. The Morgan fingerprint density at radius 3 is 2.50 bits per heavy atom. The fraction of sp³-hybridized carbons (Fsp3) is 0.714. The van der Waals surface area contributed by atoms with Gasteiger partial charge in [-0.2, -0.15) is 0 Å². The van der Waals surface area contributed by atoms with Gasteiger partial charge >= 0.3 is 0 Å². The number of nitrogens with zero attached hydrogens (tertiary/aromatic N) is 2. The fourth-order valence-corrected chi connectivity index (χ4v) is 2.27. The van der Waals surface area contributed by atoms with E-state index in [0.717, 1.165) is 30.3 Å². The second kappa shape index (κ2) is 6.37. The SMILES string of the molecule is CNc1cc(NC2(CO)CCOCC2)nc(C(C)C)n1. The second-order valence-corrected chi connectivity index (χ2v) is 5.58. The lowest BCUT2D eigenvalue weighted by Crippen LogP contribution is -2.47. The van der Waals surface area contributed by atoms with Crippen LogP contribution in [0.3, 0.4) is 0 Å². The van der Waals surface area contributed by atoms with E-state index in [2.05, 4.69) is 34.4 Å².